The van der Waals surface area contributed by atoms with Crippen molar-refractivity contribution in [3.8, 4) is 5.75 Å². The summed E-state index contributed by atoms with van der Waals surface area (Å²) in [6.07, 6.45) is 3.92. The molecule has 1 unspecified atom stereocenters. The Balaban J connectivity index is 1.35. The Hall–Kier alpha value is -3.00. The molecule has 4 rings (SSSR count). The van der Waals surface area contributed by atoms with Crippen LogP contribution in [0.4, 0.5) is 5.69 Å². The molecule has 0 saturated carbocycles. The third kappa shape index (κ3) is 6.17. The average molecular weight is 529 g/mol. The maximum Gasteiger partial charge on any atom is 0.224 e. The minimum absolute atomic E-state index is 0.0280. The third-order valence-electron chi connectivity index (χ3n) is 5.40. The number of amides is 1. The van der Waals surface area contributed by atoms with Crippen LogP contribution in [0.2, 0.25) is 10.0 Å². The monoisotopic (exact) mass is 528 g/mol. The largest absolute Gasteiger partial charge is 0.494 e. The van der Waals surface area contributed by atoms with E-state index < -0.39 is 11.0 Å². The number of hydrogen-bond acceptors (Lipinski definition) is 4. The minimum atomic E-state index is -1.82. The zero-order valence-corrected chi connectivity index (χ0v) is 21.0. The zero-order chi connectivity index (χ0) is 24.8. The fourth-order valence-electron chi connectivity index (χ4n) is 3.62. The second-order valence-electron chi connectivity index (χ2n) is 7.82. The summed E-state index contributed by atoms with van der Waals surface area (Å²) in [6, 6.07) is 17.2. The number of hydrogen-bond donors (Lipinski definition) is 1. The van der Waals surface area contributed by atoms with Gasteiger partial charge in [0.2, 0.25) is 5.91 Å². The van der Waals surface area contributed by atoms with Crippen molar-refractivity contribution in [3.63, 3.8) is 0 Å². The van der Waals surface area contributed by atoms with Gasteiger partial charge >= 0.3 is 0 Å². The lowest BCUT2D eigenvalue weighted by Gasteiger charge is -2.17. The number of nitrogens with zero attached hydrogens (tertiary/aromatic N) is 1. The molecule has 0 bridgehead atoms. The number of ether oxygens (including phenoxy) is 1. The first-order valence-electron chi connectivity index (χ1n) is 11.0. The maximum atomic E-state index is 13.0. The molecule has 3 aromatic carbocycles. The highest BCUT2D eigenvalue weighted by atomic mass is 35.5. The van der Waals surface area contributed by atoms with E-state index in [2.05, 4.69) is 9.71 Å². The smallest absolute Gasteiger partial charge is 0.224 e. The Morgan fingerprint density at radius 1 is 1.09 bits per heavy atom. The van der Waals surface area contributed by atoms with E-state index in [1.165, 1.54) is 12.1 Å². The predicted octanol–water partition coefficient (Wildman–Crippen LogP) is 6.06. The Kier molecular flexibility index (Phi) is 8.33. The SMILES string of the molecule is O=C1CCc2cc(OCCC/C=N/S(=O)c3ccc(Cl)c(Cl)c3C(=O)c3ccccc3)ccc2N1. The van der Waals surface area contributed by atoms with Gasteiger partial charge in [-0.3, -0.25) is 9.59 Å². The maximum absolute atomic E-state index is 13.0. The topological polar surface area (TPSA) is 84.8 Å². The highest BCUT2D eigenvalue weighted by Crippen LogP contribution is 2.32. The summed E-state index contributed by atoms with van der Waals surface area (Å²) in [5.41, 5.74) is 2.39. The van der Waals surface area contributed by atoms with Gasteiger partial charge in [-0.1, -0.05) is 53.5 Å². The van der Waals surface area contributed by atoms with E-state index in [1.54, 1.807) is 36.5 Å². The van der Waals surface area contributed by atoms with E-state index in [1.807, 2.05) is 18.2 Å². The summed E-state index contributed by atoms with van der Waals surface area (Å²) in [5, 5.41) is 3.11. The van der Waals surface area contributed by atoms with Crippen LogP contribution < -0.4 is 10.1 Å². The van der Waals surface area contributed by atoms with Crippen LogP contribution >= 0.6 is 23.2 Å². The molecule has 1 amide bonds. The highest BCUT2D eigenvalue weighted by molar-refractivity contribution is 7.84. The number of ketones is 1. The molecule has 1 N–H and O–H groups in total. The second-order valence-corrected chi connectivity index (χ2v) is 9.76. The van der Waals surface area contributed by atoms with Crippen molar-refractivity contribution in [2.24, 2.45) is 4.40 Å². The molecular weight excluding hydrogens is 507 g/mol. The van der Waals surface area contributed by atoms with Crippen molar-refractivity contribution in [2.45, 2.75) is 30.6 Å². The molecule has 1 atom stereocenters. The third-order valence-corrected chi connectivity index (χ3v) is 7.26. The Morgan fingerprint density at radius 3 is 2.69 bits per heavy atom. The van der Waals surface area contributed by atoms with Gasteiger partial charge in [0.05, 0.1) is 27.1 Å². The first kappa shape index (κ1) is 25.1. The minimum Gasteiger partial charge on any atom is -0.494 e. The van der Waals surface area contributed by atoms with Crippen LogP contribution in [0.15, 0.2) is 70.0 Å². The standard InChI is InChI=1S/C26H22Cl2N2O4S/c27-20-10-12-22(24(25(20)28)26(32)17-6-2-1-3-7-17)35(33)29-14-4-5-15-34-19-9-11-21-18(16-19)8-13-23(31)30-21/h1-3,6-7,9-12,14,16H,4-5,8,13,15H2,(H,30,31)/b29-14+. The van der Waals surface area contributed by atoms with Crippen LogP contribution in [0.5, 0.6) is 5.75 Å². The molecule has 35 heavy (non-hydrogen) atoms. The number of rotatable bonds is 9. The number of carbonyl (C=O) groups is 2. The van der Waals surface area contributed by atoms with Gasteiger partial charge < -0.3 is 10.1 Å². The fourth-order valence-corrected chi connectivity index (χ4v) is 4.99. The van der Waals surface area contributed by atoms with Crippen LogP contribution in [0, 0.1) is 0 Å². The Morgan fingerprint density at radius 2 is 1.89 bits per heavy atom. The van der Waals surface area contributed by atoms with Gasteiger partial charge in [-0.2, -0.15) is 4.40 Å². The van der Waals surface area contributed by atoms with Gasteiger partial charge in [-0.15, -0.1) is 0 Å². The van der Waals surface area contributed by atoms with Crippen molar-refractivity contribution < 1.29 is 18.5 Å². The summed E-state index contributed by atoms with van der Waals surface area (Å²) in [5.74, 6) is 0.398. The number of halogens is 2. The first-order chi connectivity index (χ1) is 16.9. The predicted molar refractivity (Wildman–Crippen MR) is 139 cm³/mol. The molecule has 1 heterocycles. The molecule has 6 nitrogen and oxygen atoms in total. The lowest BCUT2D eigenvalue weighted by Crippen LogP contribution is -2.18. The summed E-state index contributed by atoms with van der Waals surface area (Å²) in [6.45, 7) is 0.453. The van der Waals surface area contributed by atoms with Gasteiger partial charge in [-0.25, -0.2) is 4.21 Å². The van der Waals surface area contributed by atoms with Gasteiger partial charge in [0.25, 0.3) is 0 Å². The van der Waals surface area contributed by atoms with Crippen molar-refractivity contribution in [2.75, 3.05) is 11.9 Å². The molecule has 180 valence electrons. The van der Waals surface area contributed by atoms with Crippen molar-refractivity contribution >= 4 is 57.8 Å². The van der Waals surface area contributed by atoms with Crippen molar-refractivity contribution in [1.29, 1.82) is 0 Å². The molecular formula is C26H22Cl2N2O4S. The second kappa shape index (κ2) is 11.6. The molecule has 0 aliphatic carbocycles. The summed E-state index contributed by atoms with van der Waals surface area (Å²) >= 11 is 12.4. The highest BCUT2D eigenvalue weighted by Gasteiger charge is 2.22. The van der Waals surface area contributed by atoms with Gasteiger partial charge in [0.15, 0.2) is 16.8 Å². The average Bonchev–Trinajstić information content (AvgIpc) is 2.87. The Labute approximate surface area is 215 Å². The molecule has 0 saturated heterocycles. The Bertz CT molecular complexity index is 1310. The fraction of sp³-hybridized carbons (Fsp3) is 0.192. The van der Waals surface area contributed by atoms with Crippen LogP contribution in [0.1, 0.15) is 40.7 Å². The normalized spacial score (nSPS) is 13.8. The summed E-state index contributed by atoms with van der Waals surface area (Å²) in [4.78, 5) is 24.7. The first-order valence-corrected chi connectivity index (χ1v) is 12.9. The van der Waals surface area contributed by atoms with Crippen LogP contribution in [0.25, 0.3) is 0 Å². The van der Waals surface area contributed by atoms with Crippen molar-refractivity contribution in [1.82, 2.24) is 0 Å². The van der Waals surface area contributed by atoms with E-state index >= 15 is 0 Å². The van der Waals surface area contributed by atoms with Crippen LogP contribution in [-0.4, -0.2) is 28.7 Å². The molecule has 1 aliphatic heterocycles. The molecule has 0 spiro atoms. The number of carbonyl (C=O) groups excluding carboxylic acids is 2. The van der Waals surface area contributed by atoms with E-state index in [4.69, 9.17) is 27.9 Å². The number of benzene rings is 3. The number of fused-ring (bicyclic) bond motifs is 1. The number of anilines is 1. The van der Waals surface area contributed by atoms with E-state index in [-0.39, 0.29) is 32.2 Å². The molecule has 3 aromatic rings. The molecule has 0 fully saturated rings. The molecule has 0 radical (unpaired) electrons. The van der Waals surface area contributed by atoms with Crippen molar-refractivity contribution in [3.05, 3.63) is 87.4 Å². The van der Waals surface area contributed by atoms with Gasteiger partial charge in [0, 0.05) is 23.9 Å². The van der Waals surface area contributed by atoms with E-state index in [9.17, 15) is 13.8 Å². The number of aryl methyl sites for hydroxylation is 1. The van der Waals surface area contributed by atoms with Gasteiger partial charge in [-0.05, 0) is 55.2 Å². The lowest BCUT2D eigenvalue weighted by molar-refractivity contribution is -0.116. The molecule has 9 heteroatoms. The number of nitrogens with one attached hydrogen (secondary N) is 1. The van der Waals surface area contributed by atoms with Crippen LogP contribution in [-0.2, 0) is 22.2 Å². The zero-order valence-electron chi connectivity index (χ0n) is 18.6. The van der Waals surface area contributed by atoms with Crippen LogP contribution in [0.3, 0.4) is 0 Å². The molecule has 1 aliphatic rings. The number of unbranched alkanes of at least 4 members (excludes halogenated alkanes) is 1. The molecule has 0 aromatic heterocycles. The van der Waals surface area contributed by atoms with Gasteiger partial charge in [0.1, 0.15) is 5.75 Å². The summed E-state index contributed by atoms with van der Waals surface area (Å²) in [7, 11) is -1.82. The quantitative estimate of drug-likeness (QED) is 0.207. The summed E-state index contributed by atoms with van der Waals surface area (Å²) < 4.78 is 22.8. The lowest BCUT2D eigenvalue weighted by atomic mass is 10.0. The van der Waals surface area contributed by atoms with E-state index in [0.29, 0.717) is 37.9 Å². The van der Waals surface area contributed by atoms with E-state index in [0.717, 1.165) is 17.0 Å².